The van der Waals surface area contributed by atoms with Gasteiger partial charge in [0.1, 0.15) is 0 Å². The molecule has 0 heterocycles. The first kappa shape index (κ1) is 17.1. The molecule has 21 heavy (non-hydrogen) atoms. The zero-order valence-corrected chi connectivity index (χ0v) is 11.6. The standard InChI is InChI=1S/C13H18F3N3O2/c1-2-5-19(6-7-20)11-4-3-9(13(14,15)16)8-10(11)12(17)18-21/h3-4,8,20-21H,2,5-7H2,1H3,(H2,17,18). The van der Waals surface area contributed by atoms with Gasteiger partial charge in [0.15, 0.2) is 5.84 Å². The number of anilines is 1. The molecule has 1 aromatic rings. The summed E-state index contributed by atoms with van der Waals surface area (Å²) in [7, 11) is 0. The first-order valence-electron chi connectivity index (χ1n) is 6.40. The summed E-state index contributed by atoms with van der Waals surface area (Å²) in [6, 6.07) is 3.04. The zero-order chi connectivity index (χ0) is 16.0. The maximum atomic E-state index is 12.8. The minimum absolute atomic E-state index is 0.0192. The Bertz CT molecular complexity index is 498. The topological polar surface area (TPSA) is 82.1 Å². The Morgan fingerprint density at radius 3 is 2.48 bits per heavy atom. The summed E-state index contributed by atoms with van der Waals surface area (Å²) in [4.78, 5) is 1.69. The van der Waals surface area contributed by atoms with E-state index in [2.05, 4.69) is 5.16 Å². The van der Waals surface area contributed by atoms with Gasteiger partial charge in [-0.25, -0.2) is 0 Å². The lowest BCUT2D eigenvalue weighted by molar-refractivity contribution is -0.137. The summed E-state index contributed by atoms with van der Waals surface area (Å²) in [5.74, 6) is -0.407. The van der Waals surface area contributed by atoms with Crippen LogP contribution in [-0.4, -0.2) is 35.8 Å². The molecule has 0 amide bonds. The highest BCUT2D eigenvalue weighted by atomic mass is 19.4. The summed E-state index contributed by atoms with van der Waals surface area (Å²) in [5.41, 5.74) is 4.96. The molecule has 0 saturated heterocycles. The fraction of sp³-hybridized carbons (Fsp3) is 0.462. The van der Waals surface area contributed by atoms with Gasteiger partial charge in [-0.2, -0.15) is 13.2 Å². The van der Waals surface area contributed by atoms with E-state index in [0.717, 1.165) is 18.6 Å². The molecule has 0 unspecified atom stereocenters. The third-order valence-electron chi connectivity index (χ3n) is 2.91. The third-order valence-corrected chi connectivity index (χ3v) is 2.91. The van der Waals surface area contributed by atoms with Crippen LogP contribution in [0.5, 0.6) is 0 Å². The molecule has 118 valence electrons. The predicted molar refractivity (Wildman–Crippen MR) is 73.5 cm³/mol. The third kappa shape index (κ3) is 4.25. The van der Waals surface area contributed by atoms with E-state index in [1.54, 1.807) is 4.90 Å². The van der Waals surface area contributed by atoms with Crippen molar-refractivity contribution in [3.8, 4) is 0 Å². The van der Waals surface area contributed by atoms with Crippen LogP contribution in [0.15, 0.2) is 23.4 Å². The Hall–Kier alpha value is -1.96. The molecule has 0 aliphatic carbocycles. The van der Waals surface area contributed by atoms with E-state index < -0.39 is 17.6 Å². The van der Waals surface area contributed by atoms with Gasteiger partial charge >= 0.3 is 6.18 Å². The van der Waals surface area contributed by atoms with Crippen molar-refractivity contribution in [3.05, 3.63) is 29.3 Å². The molecule has 0 aromatic heterocycles. The fourth-order valence-corrected chi connectivity index (χ4v) is 1.99. The lowest BCUT2D eigenvalue weighted by Crippen LogP contribution is -2.30. The molecule has 5 nitrogen and oxygen atoms in total. The monoisotopic (exact) mass is 305 g/mol. The van der Waals surface area contributed by atoms with Crippen LogP contribution in [0.3, 0.4) is 0 Å². The molecular weight excluding hydrogens is 287 g/mol. The van der Waals surface area contributed by atoms with Crippen molar-refractivity contribution in [2.75, 3.05) is 24.6 Å². The van der Waals surface area contributed by atoms with E-state index in [4.69, 9.17) is 16.0 Å². The van der Waals surface area contributed by atoms with Crippen molar-refractivity contribution in [2.24, 2.45) is 10.9 Å². The maximum Gasteiger partial charge on any atom is 0.416 e. The molecule has 4 N–H and O–H groups in total. The minimum Gasteiger partial charge on any atom is -0.409 e. The molecule has 8 heteroatoms. The fourth-order valence-electron chi connectivity index (χ4n) is 1.99. The summed E-state index contributed by atoms with van der Waals surface area (Å²) in [6.07, 6.45) is -3.79. The SMILES string of the molecule is CCCN(CCO)c1ccc(C(F)(F)F)cc1C(N)=NO. The van der Waals surface area contributed by atoms with Gasteiger partial charge in [-0.15, -0.1) is 0 Å². The second kappa shape index (κ2) is 7.16. The van der Waals surface area contributed by atoms with Crippen molar-refractivity contribution in [3.63, 3.8) is 0 Å². The number of oxime groups is 1. The zero-order valence-electron chi connectivity index (χ0n) is 11.6. The van der Waals surface area contributed by atoms with E-state index in [0.29, 0.717) is 12.2 Å². The molecule has 0 atom stereocenters. The van der Waals surface area contributed by atoms with Crippen molar-refractivity contribution >= 4 is 11.5 Å². The quantitative estimate of drug-likeness (QED) is 0.325. The Balaban J connectivity index is 3.36. The number of alkyl halides is 3. The van der Waals surface area contributed by atoms with E-state index in [1.165, 1.54) is 6.07 Å². The number of nitrogens with two attached hydrogens (primary N) is 1. The van der Waals surface area contributed by atoms with E-state index in [-0.39, 0.29) is 18.7 Å². The highest BCUT2D eigenvalue weighted by Crippen LogP contribution is 2.33. The van der Waals surface area contributed by atoms with Crippen molar-refractivity contribution in [1.82, 2.24) is 0 Å². The van der Waals surface area contributed by atoms with Crippen molar-refractivity contribution in [2.45, 2.75) is 19.5 Å². The molecule has 0 bridgehead atoms. The average molecular weight is 305 g/mol. The van der Waals surface area contributed by atoms with Crippen molar-refractivity contribution in [1.29, 1.82) is 0 Å². The highest BCUT2D eigenvalue weighted by molar-refractivity contribution is 6.02. The molecule has 0 spiro atoms. The van der Waals surface area contributed by atoms with Gasteiger partial charge in [0, 0.05) is 24.3 Å². The van der Waals surface area contributed by atoms with E-state index in [1.807, 2.05) is 6.92 Å². The second-order valence-electron chi connectivity index (χ2n) is 4.43. The van der Waals surface area contributed by atoms with Crippen molar-refractivity contribution < 1.29 is 23.5 Å². The number of benzene rings is 1. The van der Waals surface area contributed by atoms with Gasteiger partial charge in [0.2, 0.25) is 0 Å². The van der Waals surface area contributed by atoms with Crippen LogP contribution in [0.25, 0.3) is 0 Å². The number of amidine groups is 1. The molecular formula is C13H18F3N3O2. The van der Waals surface area contributed by atoms with E-state index in [9.17, 15) is 13.2 Å². The van der Waals surface area contributed by atoms with Crippen LogP contribution < -0.4 is 10.6 Å². The number of rotatable bonds is 6. The summed E-state index contributed by atoms with van der Waals surface area (Å²) < 4.78 is 38.3. The van der Waals surface area contributed by atoms with Crippen LogP contribution >= 0.6 is 0 Å². The Kier molecular flexibility index (Phi) is 5.83. The first-order valence-corrected chi connectivity index (χ1v) is 6.40. The molecule has 0 radical (unpaired) electrons. The Morgan fingerprint density at radius 2 is 2.00 bits per heavy atom. The number of halogens is 3. The number of hydrogen-bond donors (Lipinski definition) is 3. The van der Waals surface area contributed by atoms with Gasteiger partial charge < -0.3 is 20.9 Å². The second-order valence-corrected chi connectivity index (χ2v) is 4.43. The maximum absolute atomic E-state index is 12.8. The predicted octanol–water partition coefficient (Wildman–Crippen LogP) is 2.01. The highest BCUT2D eigenvalue weighted by Gasteiger charge is 2.31. The van der Waals surface area contributed by atoms with Gasteiger partial charge in [0.25, 0.3) is 0 Å². The normalized spacial score (nSPS) is 12.5. The molecule has 0 aliphatic heterocycles. The number of hydrogen-bond acceptors (Lipinski definition) is 4. The van der Waals surface area contributed by atoms with Gasteiger partial charge in [-0.05, 0) is 24.6 Å². The van der Waals surface area contributed by atoms with Gasteiger partial charge in [0.05, 0.1) is 12.2 Å². The molecule has 1 aromatic carbocycles. The Morgan fingerprint density at radius 1 is 1.33 bits per heavy atom. The molecule has 0 fully saturated rings. The van der Waals surface area contributed by atoms with Crippen LogP contribution in [0, 0.1) is 0 Å². The minimum atomic E-state index is -4.52. The lowest BCUT2D eigenvalue weighted by atomic mass is 10.1. The number of nitrogens with zero attached hydrogens (tertiary/aromatic N) is 2. The van der Waals surface area contributed by atoms with Gasteiger partial charge in [-0.3, -0.25) is 0 Å². The van der Waals surface area contributed by atoms with E-state index >= 15 is 0 Å². The van der Waals surface area contributed by atoms with Crippen LogP contribution in [0.2, 0.25) is 0 Å². The Labute approximate surface area is 120 Å². The summed E-state index contributed by atoms with van der Waals surface area (Å²) in [5, 5.41) is 20.6. The molecule has 0 aliphatic rings. The molecule has 1 rings (SSSR count). The average Bonchev–Trinajstić information content (AvgIpc) is 2.44. The first-order chi connectivity index (χ1) is 9.85. The van der Waals surface area contributed by atoms with Gasteiger partial charge in [-0.1, -0.05) is 12.1 Å². The largest absolute Gasteiger partial charge is 0.416 e. The molecule has 0 saturated carbocycles. The summed E-state index contributed by atoms with van der Waals surface area (Å²) in [6.45, 7) is 2.51. The van der Waals surface area contributed by atoms with Crippen LogP contribution in [0.1, 0.15) is 24.5 Å². The summed E-state index contributed by atoms with van der Waals surface area (Å²) >= 11 is 0. The smallest absolute Gasteiger partial charge is 0.409 e. The number of aliphatic hydroxyl groups excluding tert-OH is 1. The van der Waals surface area contributed by atoms with Crippen LogP contribution in [0.4, 0.5) is 18.9 Å². The van der Waals surface area contributed by atoms with Crippen LogP contribution in [-0.2, 0) is 6.18 Å². The lowest BCUT2D eigenvalue weighted by Gasteiger charge is -2.26. The number of aliphatic hydroxyl groups is 1.